The average Bonchev–Trinajstić information content (AvgIpc) is 2.55. The topological polar surface area (TPSA) is 99.4 Å². The van der Waals surface area contributed by atoms with Crippen LogP contribution in [0.25, 0.3) is 10.9 Å². The van der Waals surface area contributed by atoms with E-state index in [1.165, 1.54) is 18.2 Å². The van der Waals surface area contributed by atoms with Crippen LogP contribution in [0.15, 0.2) is 53.4 Å². The maximum atomic E-state index is 12.7. The lowest BCUT2D eigenvalue weighted by molar-refractivity contribution is -0.385. The first-order valence-electron chi connectivity index (χ1n) is 7.34. The van der Waals surface area contributed by atoms with Gasteiger partial charge in [-0.05, 0) is 31.5 Å². The summed E-state index contributed by atoms with van der Waals surface area (Å²) >= 11 is 0. The van der Waals surface area contributed by atoms with E-state index in [1.54, 1.807) is 26.0 Å². The second-order valence-corrected chi connectivity index (χ2v) is 7.04. The fraction of sp³-hybridized carbons (Fsp3) is 0.118. The SMILES string of the molecule is Cc1ccc2cccc(OS(=O)(=O)c3cc([N+](=O)[O-])ccc3C)c2n1. The summed E-state index contributed by atoms with van der Waals surface area (Å²) in [5.74, 6) is 0.0760. The first kappa shape index (κ1) is 16.8. The van der Waals surface area contributed by atoms with Gasteiger partial charge in [0.05, 0.1) is 4.92 Å². The lowest BCUT2D eigenvalue weighted by Gasteiger charge is -2.11. The van der Waals surface area contributed by atoms with Gasteiger partial charge in [-0.3, -0.25) is 10.1 Å². The van der Waals surface area contributed by atoms with Gasteiger partial charge in [0.1, 0.15) is 10.4 Å². The summed E-state index contributed by atoms with van der Waals surface area (Å²) in [7, 11) is -4.25. The summed E-state index contributed by atoms with van der Waals surface area (Å²) in [5, 5.41) is 11.7. The lowest BCUT2D eigenvalue weighted by atomic mass is 10.2. The third kappa shape index (κ3) is 3.29. The summed E-state index contributed by atoms with van der Waals surface area (Å²) in [4.78, 5) is 14.4. The minimum Gasteiger partial charge on any atom is -0.377 e. The molecule has 128 valence electrons. The predicted octanol–water partition coefficient (Wildman–Crippen LogP) is 3.53. The third-order valence-corrected chi connectivity index (χ3v) is 5.05. The second kappa shape index (κ2) is 6.14. The Bertz CT molecular complexity index is 1090. The van der Waals surface area contributed by atoms with Crippen molar-refractivity contribution >= 4 is 26.7 Å². The molecule has 3 aromatic rings. The molecule has 0 spiro atoms. The monoisotopic (exact) mass is 358 g/mol. The molecule has 0 aliphatic heterocycles. The van der Waals surface area contributed by atoms with Crippen LogP contribution in [0.1, 0.15) is 11.3 Å². The number of nitrogens with zero attached hydrogens (tertiary/aromatic N) is 2. The minimum atomic E-state index is -4.25. The van der Waals surface area contributed by atoms with Crippen molar-refractivity contribution < 1.29 is 17.5 Å². The summed E-state index contributed by atoms with van der Waals surface area (Å²) in [6, 6.07) is 12.2. The number of nitro benzene ring substituents is 1. The number of nitro groups is 1. The molecule has 25 heavy (non-hydrogen) atoms. The van der Waals surface area contributed by atoms with Gasteiger partial charge in [0.25, 0.3) is 5.69 Å². The van der Waals surface area contributed by atoms with Crippen molar-refractivity contribution in [2.75, 3.05) is 0 Å². The molecular weight excluding hydrogens is 344 g/mol. The Hall–Kier alpha value is -3.00. The van der Waals surface area contributed by atoms with E-state index >= 15 is 0 Å². The molecule has 0 fully saturated rings. The molecular formula is C17H14N2O5S. The molecule has 0 radical (unpaired) electrons. The smallest absolute Gasteiger partial charge is 0.339 e. The number of aryl methyl sites for hydroxylation is 2. The van der Waals surface area contributed by atoms with Gasteiger partial charge >= 0.3 is 10.1 Å². The fourth-order valence-electron chi connectivity index (χ4n) is 2.42. The van der Waals surface area contributed by atoms with Crippen molar-refractivity contribution in [2.24, 2.45) is 0 Å². The highest BCUT2D eigenvalue weighted by Crippen LogP contribution is 2.29. The Morgan fingerprint density at radius 1 is 1.08 bits per heavy atom. The maximum absolute atomic E-state index is 12.7. The molecule has 2 aromatic carbocycles. The number of hydrogen-bond acceptors (Lipinski definition) is 6. The van der Waals surface area contributed by atoms with Crippen LogP contribution in [0.2, 0.25) is 0 Å². The Kier molecular flexibility index (Phi) is 4.13. The van der Waals surface area contributed by atoms with E-state index < -0.39 is 15.0 Å². The van der Waals surface area contributed by atoms with Crippen molar-refractivity contribution in [3.8, 4) is 5.75 Å². The highest BCUT2D eigenvalue weighted by atomic mass is 32.2. The number of benzene rings is 2. The van der Waals surface area contributed by atoms with Crippen molar-refractivity contribution in [3.63, 3.8) is 0 Å². The number of hydrogen-bond donors (Lipinski definition) is 0. The van der Waals surface area contributed by atoms with Crippen LogP contribution in [-0.4, -0.2) is 18.3 Å². The number of rotatable bonds is 4. The van der Waals surface area contributed by atoms with E-state index in [0.717, 1.165) is 11.5 Å². The van der Waals surface area contributed by atoms with Crippen LogP contribution >= 0.6 is 0 Å². The number of fused-ring (bicyclic) bond motifs is 1. The Morgan fingerprint density at radius 2 is 1.84 bits per heavy atom. The third-order valence-electron chi connectivity index (χ3n) is 3.67. The van der Waals surface area contributed by atoms with E-state index in [9.17, 15) is 18.5 Å². The molecule has 0 N–H and O–H groups in total. The van der Waals surface area contributed by atoms with Gasteiger partial charge in [0, 0.05) is 23.2 Å². The van der Waals surface area contributed by atoms with Crippen LogP contribution in [0.5, 0.6) is 5.75 Å². The molecule has 0 aliphatic rings. The lowest BCUT2D eigenvalue weighted by Crippen LogP contribution is -2.12. The van der Waals surface area contributed by atoms with Gasteiger partial charge in [0.15, 0.2) is 5.75 Å². The first-order chi connectivity index (χ1) is 11.8. The molecule has 0 unspecified atom stereocenters. The summed E-state index contributed by atoms with van der Waals surface area (Å²) < 4.78 is 30.6. The molecule has 1 aromatic heterocycles. The standard InChI is InChI=1S/C17H14N2O5S/c1-11-6-9-14(19(20)21)10-16(11)25(22,23)24-15-5-3-4-13-8-7-12(2)18-17(13)15/h3-10H,1-2H3. The Balaban J connectivity index is 2.10. The van der Waals surface area contributed by atoms with E-state index in [0.29, 0.717) is 16.8 Å². The maximum Gasteiger partial charge on any atom is 0.339 e. The minimum absolute atomic E-state index is 0.0760. The van der Waals surface area contributed by atoms with Crippen LogP contribution in [-0.2, 0) is 10.1 Å². The number of para-hydroxylation sites is 1. The Labute approximate surface area is 144 Å². The molecule has 8 heteroatoms. The molecule has 3 rings (SSSR count). The number of aromatic nitrogens is 1. The van der Waals surface area contributed by atoms with E-state index in [1.807, 2.05) is 12.1 Å². The number of non-ortho nitro benzene ring substituents is 1. The molecule has 0 saturated heterocycles. The van der Waals surface area contributed by atoms with Crippen LogP contribution in [0, 0.1) is 24.0 Å². The zero-order valence-electron chi connectivity index (χ0n) is 13.5. The molecule has 0 aliphatic carbocycles. The quantitative estimate of drug-likeness (QED) is 0.402. The fourth-order valence-corrected chi connectivity index (χ4v) is 3.61. The van der Waals surface area contributed by atoms with Gasteiger partial charge in [-0.2, -0.15) is 8.42 Å². The molecule has 1 heterocycles. The van der Waals surface area contributed by atoms with Gasteiger partial charge in [-0.1, -0.05) is 24.3 Å². The summed E-state index contributed by atoms with van der Waals surface area (Å²) in [5.41, 5.74) is 1.16. The molecule has 0 atom stereocenters. The number of pyridine rings is 1. The zero-order chi connectivity index (χ0) is 18.2. The van der Waals surface area contributed by atoms with Crippen molar-refractivity contribution in [1.82, 2.24) is 4.98 Å². The largest absolute Gasteiger partial charge is 0.377 e. The van der Waals surface area contributed by atoms with Crippen LogP contribution in [0.4, 0.5) is 5.69 Å². The second-order valence-electron chi connectivity index (χ2n) is 5.52. The molecule has 0 amide bonds. The normalized spacial score (nSPS) is 11.4. The molecule has 7 nitrogen and oxygen atoms in total. The van der Waals surface area contributed by atoms with Crippen molar-refractivity contribution in [1.29, 1.82) is 0 Å². The van der Waals surface area contributed by atoms with Gasteiger partial charge in [-0.15, -0.1) is 0 Å². The highest BCUT2D eigenvalue weighted by molar-refractivity contribution is 7.87. The summed E-state index contributed by atoms with van der Waals surface area (Å²) in [6.45, 7) is 3.33. The van der Waals surface area contributed by atoms with E-state index in [4.69, 9.17) is 4.18 Å². The molecule has 0 bridgehead atoms. The predicted molar refractivity (Wildman–Crippen MR) is 92.1 cm³/mol. The van der Waals surface area contributed by atoms with E-state index in [-0.39, 0.29) is 16.3 Å². The summed E-state index contributed by atoms with van der Waals surface area (Å²) in [6.07, 6.45) is 0. The van der Waals surface area contributed by atoms with Crippen LogP contribution < -0.4 is 4.18 Å². The average molecular weight is 358 g/mol. The van der Waals surface area contributed by atoms with Gasteiger partial charge in [0.2, 0.25) is 0 Å². The van der Waals surface area contributed by atoms with Gasteiger partial charge in [-0.25, -0.2) is 4.98 Å². The van der Waals surface area contributed by atoms with Crippen LogP contribution in [0.3, 0.4) is 0 Å². The molecule has 0 saturated carbocycles. The van der Waals surface area contributed by atoms with E-state index in [2.05, 4.69) is 4.98 Å². The van der Waals surface area contributed by atoms with Crippen molar-refractivity contribution in [2.45, 2.75) is 18.7 Å². The first-order valence-corrected chi connectivity index (χ1v) is 8.75. The van der Waals surface area contributed by atoms with Crippen molar-refractivity contribution in [3.05, 3.63) is 69.9 Å². The highest BCUT2D eigenvalue weighted by Gasteiger charge is 2.23. The van der Waals surface area contributed by atoms with Gasteiger partial charge < -0.3 is 4.18 Å². The zero-order valence-corrected chi connectivity index (χ0v) is 14.3. The Morgan fingerprint density at radius 3 is 2.56 bits per heavy atom.